The second kappa shape index (κ2) is 11.3. The number of aromatic hydroxyl groups is 1. The lowest BCUT2D eigenvalue weighted by molar-refractivity contribution is 0.405. The Bertz CT molecular complexity index is 724. The summed E-state index contributed by atoms with van der Waals surface area (Å²) in [5.41, 5.74) is 6.00. The molecule has 0 heterocycles. The average Bonchev–Trinajstić information content (AvgIpc) is 2.63. The van der Waals surface area contributed by atoms with Crippen molar-refractivity contribution in [2.24, 2.45) is 0 Å². The summed E-state index contributed by atoms with van der Waals surface area (Å²) in [6.45, 7) is 10.9. The van der Waals surface area contributed by atoms with E-state index in [0.29, 0.717) is 5.75 Å². The molecule has 0 saturated carbocycles. The van der Waals surface area contributed by atoms with Crippen molar-refractivity contribution in [3.63, 3.8) is 0 Å². The molecule has 1 atom stereocenters. The predicted molar refractivity (Wildman–Crippen MR) is 117 cm³/mol. The van der Waals surface area contributed by atoms with Crippen LogP contribution in [0.1, 0.15) is 74.3 Å². The predicted octanol–water partition coefficient (Wildman–Crippen LogP) is 6.11. The van der Waals surface area contributed by atoms with Crippen LogP contribution in [-0.4, -0.2) is 10.00 Å². The smallest absolute Gasteiger partial charge is 0.177 e. The van der Waals surface area contributed by atoms with Crippen molar-refractivity contribution >= 4 is 8.69 Å². The van der Waals surface area contributed by atoms with Gasteiger partial charge in [-0.1, -0.05) is 76.4 Å². The maximum absolute atomic E-state index is 10.8. The van der Waals surface area contributed by atoms with Gasteiger partial charge < -0.3 is 10.00 Å². The van der Waals surface area contributed by atoms with Crippen molar-refractivity contribution < 1.29 is 14.6 Å². The largest absolute Gasteiger partial charge is 0.507 e. The molecule has 0 aliphatic heterocycles. The molecular formula is C23H35O3P. The Morgan fingerprint density at radius 3 is 2.19 bits per heavy atom. The summed E-state index contributed by atoms with van der Waals surface area (Å²) >= 11 is 0. The van der Waals surface area contributed by atoms with E-state index in [2.05, 4.69) is 64.1 Å². The third-order valence-electron chi connectivity index (χ3n) is 5.34. The Morgan fingerprint density at radius 1 is 1.04 bits per heavy atom. The van der Waals surface area contributed by atoms with Gasteiger partial charge in [0.2, 0.25) is 0 Å². The molecule has 27 heavy (non-hydrogen) atoms. The Hall–Kier alpha value is -1.57. The first-order chi connectivity index (χ1) is 12.8. The lowest BCUT2D eigenvalue weighted by Crippen LogP contribution is -2.18. The van der Waals surface area contributed by atoms with Crippen LogP contribution in [0.5, 0.6) is 5.75 Å². The molecule has 0 aliphatic carbocycles. The SMILES string of the molecule is CCCCCC(C)(C)c1cc(Cc2ccccc2)c(C)c(C)c1O.O=[PH2]O. The molecule has 2 aromatic carbocycles. The summed E-state index contributed by atoms with van der Waals surface area (Å²) in [6, 6.07) is 12.8. The number of hydrogen-bond donors (Lipinski definition) is 2. The molecule has 2 N–H and O–H groups in total. The average molecular weight is 391 g/mol. The third-order valence-corrected chi connectivity index (χ3v) is 5.34. The van der Waals surface area contributed by atoms with Gasteiger partial charge in [0, 0.05) is 5.56 Å². The highest BCUT2D eigenvalue weighted by atomic mass is 31.1. The molecule has 0 bridgehead atoms. The van der Waals surface area contributed by atoms with E-state index in [1.807, 2.05) is 6.92 Å². The van der Waals surface area contributed by atoms with Gasteiger partial charge in [0.1, 0.15) is 5.75 Å². The first-order valence-corrected chi connectivity index (χ1v) is 10.7. The Kier molecular flexibility index (Phi) is 9.83. The quantitative estimate of drug-likeness (QED) is 0.443. The minimum Gasteiger partial charge on any atom is -0.507 e. The van der Waals surface area contributed by atoms with Crippen molar-refractivity contribution in [1.29, 1.82) is 0 Å². The van der Waals surface area contributed by atoms with E-state index in [4.69, 9.17) is 9.46 Å². The molecule has 0 fully saturated rings. The molecule has 2 rings (SSSR count). The fourth-order valence-corrected chi connectivity index (χ4v) is 3.44. The molecule has 1 unspecified atom stereocenters. The molecule has 0 amide bonds. The van der Waals surface area contributed by atoms with Crippen LogP contribution in [0.15, 0.2) is 36.4 Å². The van der Waals surface area contributed by atoms with Crippen molar-refractivity contribution in [1.82, 2.24) is 0 Å². The molecule has 0 aliphatic rings. The Morgan fingerprint density at radius 2 is 1.63 bits per heavy atom. The first kappa shape index (κ1) is 23.5. The molecule has 4 heteroatoms. The van der Waals surface area contributed by atoms with Crippen LogP contribution < -0.4 is 0 Å². The van der Waals surface area contributed by atoms with Crippen LogP contribution in [0, 0.1) is 13.8 Å². The molecule has 150 valence electrons. The zero-order chi connectivity index (χ0) is 20.4. The van der Waals surface area contributed by atoms with Crippen molar-refractivity contribution in [3.8, 4) is 5.75 Å². The number of rotatable bonds is 7. The maximum atomic E-state index is 10.8. The van der Waals surface area contributed by atoms with Crippen molar-refractivity contribution in [2.75, 3.05) is 0 Å². The number of phenols is 1. The van der Waals surface area contributed by atoms with Crippen molar-refractivity contribution in [2.45, 2.75) is 72.1 Å². The van der Waals surface area contributed by atoms with Crippen LogP contribution in [0.2, 0.25) is 0 Å². The van der Waals surface area contributed by atoms with Gasteiger partial charge in [0.05, 0.1) is 0 Å². The zero-order valence-electron chi connectivity index (χ0n) is 17.4. The second-order valence-electron chi connectivity index (χ2n) is 7.79. The lowest BCUT2D eigenvalue weighted by Gasteiger charge is -2.28. The summed E-state index contributed by atoms with van der Waals surface area (Å²) in [4.78, 5) is 7.10. The van der Waals surface area contributed by atoms with E-state index in [9.17, 15) is 5.11 Å². The fraction of sp³-hybridized carbons (Fsp3) is 0.478. The van der Waals surface area contributed by atoms with E-state index in [-0.39, 0.29) is 5.41 Å². The highest BCUT2D eigenvalue weighted by Crippen LogP contribution is 2.39. The Balaban J connectivity index is 0.00000114. The maximum Gasteiger partial charge on any atom is 0.177 e. The number of unbranched alkanes of at least 4 members (excludes halogenated alkanes) is 2. The first-order valence-electron chi connectivity index (χ1n) is 9.72. The van der Waals surface area contributed by atoms with Gasteiger partial charge in [-0.25, -0.2) is 0 Å². The number of hydrogen-bond acceptors (Lipinski definition) is 2. The second-order valence-corrected chi connectivity index (χ2v) is 8.00. The normalized spacial score (nSPS) is 11.5. The summed E-state index contributed by atoms with van der Waals surface area (Å²) in [7, 11) is -1.50. The van der Waals surface area contributed by atoms with E-state index < -0.39 is 8.69 Å². The number of phenolic OH excluding ortho intramolecular Hbond substituents is 1. The van der Waals surface area contributed by atoms with Gasteiger partial charge in [-0.3, -0.25) is 4.57 Å². The van der Waals surface area contributed by atoms with Gasteiger partial charge in [-0.15, -0.1) is 0 Å². The minimum absolute atomic E-state index is 0.00313. The van der Waals surface area contributed by atoms with Crippen LogP contribution in [-0.2, 0) is 16.4 Å². The molecule has 0 spiro atoms. The number of benzene rings is 2. The molecule has 0 saturated heterocycles. The van der Waals surface area contributed by atoms with Crippen molar-refractivity contribution in [3.05, 3.63) is 64.2 Å². The monoisotopic (exact) mass is 390 g/mol. The van der Waals surface area contributed by atoms with E-state index in [1.54, 1.807) is 0 Å². The molecular weight excluding hydrogens is 355 g/mol. The van der Waals surface area contributed by atoms with Crippen LogP contribution in [0.25, 0.3) is 0 Å². The van der Waals surface area contributed by atoms with Crippen LogP contribution in [0.4, 0.5) is 0 Å². The van der Waals surface area contributed by atoms with Gasteiger partial charge >= 0.3 is 0 Å². The standard InChI is InChI=1S/C23H32O.H3O2P/c1-6-7-11-14-23(4,5)21-16-20(17(2)18(3)22(21)24)15-19-12-9-8-10-13-19;1-3-2/h8-10,12-13,16,24H,6-7,11,14-15H2,1-5H3;3H2,(H,1,2). The molecule has 0 aromatic heterocycles. The zero-order valence-corrected chi connectivity index (χ0v) is 18.5. The summed E-state index contributed by atoms with van der Waals surface area (Å²) in [5, 5.41) is 10.8. The highest BCUT2D eigenvalue weighted by molar-refractivity contribution is 7.16. The summed E-state index contributed by atoms with van der Waals surface area (Å²) in [6.07, 6.45) is 5.73. The van der Waals surface area contributed by atoms with Crippen LogP contribution >= 0.6 is 8.69 Å². The lowest BCUT2D eigenvalue weighted by atomic mass is 9.77. The van der Waals surface area contributed by atoms with Gasteiger partial charge in [-0.2, -0.15) is 0 Å². The molecule has 0 radical (unpaired) electrons. The van der Waals surface area contributed by atoms with Gasteiger partial charge in [-0.05, 0) is 54.4 Å². The minimum atomic E-state index is -1.50. The Labute approximate surface area is 165 Å². The third kappa shape index (κ3) is 6.83. The fourth-order valence-electron chi connectivity index (χ4n) is 3.44. The van der Waals surface area contributed by atoms with E-state index in [0.717, 1.165) is 24.0 Å². The van der Waals surface area contributed by atoms with Gasteiger partial charge in [0.15, 0.2) is 8.69 Å². The van der Waals surface area contributed by atoms with E-state index >= 15 is 0 Å². The van der Waals surface area contributed by atoms with E-state index in [1.165, 1.54) is 36.0 Å². The highest BCUT2D eigenvalue weighted by Gasteiger charge is 2.26. The molecule has 3 nitrogen and oxygen atoms in total. The molecule has 2 aromatic rings. The van der Waals surface area contributed by atoms with Gasteiger partial charge in [0.25, 0.3) is 0 Å². The summed E-state index contributed by atoms with van der Waals surface area (Å²) in [5.74, 6) is 0.491. The van der Waals surface area contributed by atoms with Crippen LogP contribution in [0.3, 0.4) is 0 Å². The topological polar surface area (TPSA) is 57.5 Å². The summed E-state index contributed by atoms with van der Waals surface area (Å²) < 4.78 is 8.57.